The highest BCUT2D eigenvalue weighted by atomic mass is 16.6. The molecule has 0 radical (unpaired) electrons. The quantitative estimate of drug-likeness (QED) is 0.497. The van der Waals surface area contributed by atoms with Crippen LogP contribution >= 0.6 is 0 Å². The molecule has 1 aromatic heterocycles. The van der Waals surface area contributed by atoms with Crippen LogP contribution < -0.4 is 0 Å². The summed E-state index contributed by atoms with van der Waals surface area (Å²) in [5.41, 5.74) is 3.63. The van der Waals surface area contributed by atoms with Gasteiger partial charge in [-0.2, -0.15) is 0 Å². The van der Waals surface area contributed by atoms with Gasteiger partial charge < -0.3 is 0 Å². The van der Waals surface area contributed by atoms with Crippen molar-refractivity contribution in [2.45, 2.75) is 19.9 Å². The molecule has 6 heteroatoms. The Balaban J connectivity index is 2.03. The van der Waals surface area contributed by atoms with Crippen molar-refractivity contribution in [1.29, 1.82) is 0 Å². The maximum atomic E-state index is 10.9. The van der Waals surface area contributed by atoms with Gasteiger partial charge in [0.15, 0.2) is 0 Å². The van der Waals surface area contributed by atoms with Gasteiger partial charge in [0.05, 0.1) is 17.2 Å². The summed E-state index contributed by atoms with van der Waals surface area (Å²) in [6.07, 6.45) is 4.85. The topological polar surface area (TPSA) is 73.8 Å². The molecule has 126 valence electrons. The Morgan fingerprint density at radius 1 is 1.12 bits per heavy atom. The van der Waals surface area contributed by atoms with Crippen LogP contribution in [0.4, 0.5) is 5.69 Å². The number of non-ortho nitro benzene ring substituents is 1. The molecule has 0 fully saturated rings. The van der Waals surface area contributed by atoms with Crippen molar-refractivity contribution >= 4 is 11.8 Å². The first kappa shape index (κ1) is 16.6. The molecule has 25 heavy (non-hydrogen) atoms. The highest BCUT2D eigenvalue weighted by Crippen LogP contribution is 2.26. The van der Waals surface area contributed by atoms with Crippen LogP contribution in [0.25, 0.3) is 17.3 Å². The summed E-state index contributed by atoms with van der Waals surface area (Å²) >= 11 is 0. The van der Waals surface area contributed by atoms with Crippen LogP contribution in [0.3, 0.4) is 0 Å². The van der Waals surface area contributed by atoms with Crippen molar-refractivity contribution in [1.82, 2.24) is 15.0 Å². The lowest BCUT2D eigenvalue weighted by Crippen LogP contribution is -2.04. The molecule has 3 aromatic rings. The molecule has 2 aromatic carbocycles. The Morgan fingerprint density at radius 2 is 1.84 bits per heavy atom. The predicted octanol–water partition coefficient (Wildman–Crippen LogP) is 4.32. The Kier molecular flexibility index (Phi) is 4.99. The average Bonchev–Trinajstić information content (AvgIpc) is 3.03. The number of benzene rings is 2. The minimum Gasteiger partial charge on any atom is -0.258 e. The minimum absolute atomic E-state index is 0.0662. The third-order valence-corrected chi connectivity index (χ3v) is 3.80. The number of nitrogens with zero attached hydrogens (tertiary/aromatic N) is 4. The average molecular weight is 334 g/mol. The SMILES string of the molecule is CC/C=C/c1nnn(Cc2ccccc2)c1-c1ccc([N+](=O)[O-])cc1. The fourth-order valence-corrected chi connectivity index (χ4v) is 2.57. The Labute approximate surface area is 145 Å². The second-order valence-electron chi connectivity index (χ2n) is 5.58. The zero-order valence-corrected chi connectivity index (χ0v) is 13.9. The van der Waals surface area contributed by atoms with E-state index in [9.17, 15) is 10.1 Å². The van der Waals surface area contributed by atoms with E-state index in [-0.39, 0.29) is 5.69 Å². The molecule has 0 N–H and O–H groups in total. The first-order chi connectivity index (χ1) is 12.2. The fourth-order valence-electron chi connectivity index (χ4n) is 2.57. The molecule has 0 aliphatic rings. The fraction of sp³-hybridized carbons (Fsp3) is 0.158. The molecular formula is C19H18N4O2. The van der Waals surface area contributed by atoms with Gasteiger partial charge in [-0.3, -0.25) is 10.1 Å². The minimum atomic E-state index is -0.402. The van der Waals surface area contributed by atoms with E-state index in [1.165, 1.54) is 12.1 Å². The largest absolute Gasteiger partial charge is 0.269 e. The van der Waals surface area contributed by atoms with E-state index >= 15 is 0 Å². The lowest BCUT2D eigenvalue weighted by Gasteiger charge is -2.08. The summed E-state index contributed by atoms with van der Waals surface area (Å²) in [7, 11) is 0. The second-order valence-corrected chi connectivity index (χ2v) is 5.58. The van der Waals surface area contributed by atoms with E-state index in [2.05, 4.69) is 17.2 Å². The van der Waals surface area contributed by atoms with Crippen molar-refractivity contribution < 1.29 is 4.92 Å². The summed E-state index contributed by atoms with van der Waals surface area (Å²) in [6, 6.07) is 16.5. The van der Waals surface area contributed by atoms with Crippen LogP contribution in [-0.2, 0) is 6.54 Å². The normalized spacial score (nSPS) is 11.1. The first-order valence-electron chi connectivity index (χ1n) is 8.08. The van der Waals surface area contributed by atoms with E-state index in [0.717, 1.165) is 28.9 Å². The molecular weight excluding hydrogens is 316 g/mol. The van der Waals surface area contributed by atoms with Crippen molar-refractivity contribution in [3.63, 3.8) is 0 Å². The van der Waals surface area contributed by atoms with Gasteiger partial charge >= 0.3 is 0 Å². The van der Waals surface area contributed by atoms with Gasteiger partial charge in [-0.05, 0) is 30.2 Å². The lowest BCUT2D eigenvalue weighted by molar-refractivity contribution is -0.384. The molecule has 0 amide bonds. The van der Waals surface area contributed by atoms with E-state index in [0.29, 0.717) is 6.54 Å². The number of nitro groups is 1. The molecule has 0 saturated heterocycles. The van der Waals surface area contributed by atoms with Gasteiger partial charge in [0.25, 0.3) is 5.69 Å². The molecule has 3 rings (SSSR count). The van der Waals surface area contributed by atoms with E-state index < -0.39 is 4.92 Å². The zero-order valence-electron chi connectivity index (χ0n) is 13.9. The number of rotatable bonds is 6. The van der Waals surface area contributed by atoms with E-state index in [1.54, 1.807) is 12.1 Å². The summed E-state index contributed by atoms with van der Waals surface area (Å²) in [6.45, 7) is 2.64. The zero-order chi connectivity index (χ0) is 17.6. The first-order valence-corrected chi connectivity index (χ1v) is 8.08. The summed E-state index contributed by atoms with van der Waals surface area (Å²) in [5, 5.41) is 19.4. The third kappa shape index (κ3) is 3.80. The number of aromatic nitrogens is 3. The molecule has 1 heterocycles. The van der Waals surface area contributed by atoms with Crippen molar-refractivity contribution in [3.05, 3.63) is 82.0 Å². The van der Waals surface area contributed by atoms with Crippen molar-refractivity contribution in [2.75, 3.05) is 0 Å². The Bertz CT molecular complexity index is 884. The smallest absolute Gasteiger partial charge is 0.258 e. The van der Waals surface area contributed by atoms with Crippen LogP contribution in [-0.4, -0.2) is 19.9 Å². The highest BCUT2D eigenvalue weighted by Gasteiger charge is 2.15. The summed E-state index contributed by atoms with van der Waals surface area (Å²) in [4.78, 5) is 10.5. The Morgan fingerprint density at radius 3 is 2.48 bits per heavy atom. The summed E-state index contributed by atoms with van der Waals surface area (Å²) in [5.74, 6) is 0. The maximum Gasteiger partial charge on any atom is 0.269 e. The van der Waals surface area contributed by atoms with Gasteiger partial charge in [-0.25, -0.2) is 4.68 Å². The van der Waals surface area contributed by atoms with Gasteiger partial charge in [-0.15, -0.1) is 5.10 Å². The highest BCUT2D eigenvalue weighted by molar-refractivity contribution is 5.70. The van der Waals surface area contributed by atoms with E-state index in [1.807, 2.05) is 47.2 Å². The number of hydrogen-bond donors (Lipinski definition) is 0. The van der Waals surface area contributed by atoms with Gasteiger partial charge in [0, 0.05) is 17.7 Å². The lowest BCUT2D eigenvalue weighted by atomic mass is 10.1. The summed E-state index contributed by atoms with van der Waals surface area (Å²) < 4.78 is 1.83. The van der Waals surface area contributed by atoms with Crippen LogP contribution in [0.5, 0.6) is 0 Å². The predicted molar refractivity (Wildman–Crippen MR) is 97.0 cm³/mol. The number of nitro benzene ring substituents is 1. The molecule has 6 nitrogen and oxygen atoms in total. The molecule has 0 atom stereocenters. The molecule has 0 bridgehead atoms. The number of allylic oxidation sites excluding steroid dienone is 1. The van der Waals surface area contributed by atoms with Crippen molar-refractivity contribution in [2.24, 2.45) is 0 Å². The second kappa shape index (κ2) is 7.53. The number of hydrogen-bond acceptors (Lipinski definition) is 4. The van der Waals surface area contributed by atoms with Gasteiger partial charge in [0.1, 0.15) is 5.69 Å². The van der Waals surface area contributed by atoms with E-state index in [4.69, 9.17) is 0 Å². The third-order valence-electron chi connectivity index (χ3n) is 3.80. The van der Waals surface area contributed by atoms with Crippen LogP contribution in [0.15, 0.2) is 60.7 Å². The molecule has 0 unspecified atom stereocenters. The Hall–Kier alpha value is -3.28. The van der Waals surface area contributed by atoms with Crippen molar-refractivity contribution in [3.8, 4) is 11.3 Å². The van der Waals surface area contributed by atoms with Crippen LogP contribution in [0, 0.1) is 10.1 Å². The molecule has 0 aliphatic heterocycles. The van der Waals surface area contributed by atoms with Crippen LogP contribution in [0.2, 0.25) is 0 Å². The maximum absolute atomic E-state index is 10.9. The van der Waals surface area contributed by atoms with Gasteiger partial charge in [-0.1, -0.05) is 48.5 Å². The molecule has 0 saturated carbocycles. The van der Waals surface area contributed by atoms with Crippen LogP contribution in [0.1, 0.15) is 24.6 Å². The molecule has 0 aliphatic carbocycles. The molecule has 0 spiro atoms. The standard InChI is InChI=1S/C19H18N4O2/c1-2-3-9-18-19(16-10-12-17(13-11-16)23(24)25)22(21-20-18)14-15-7-5-4-6-8-15/h3-13H,2,14H2,1H3/b9-3+. The monoisotopic (exact) mass is 334 g/mol. The van der Waals surface area contributed by atoms with Gasteiger partial charge in [0.2, 0.25) is 0 Å².